The molecule has 1 fully saturated rings. The molecule has 112 valence electrons. The molecule has 1 aliphatic heterocycles. The highest BCUT2D eigenvalue weighted by Crippen LogP contribution is 2.12. The maximum Gasteiger partial charge on any atom is 0.248 e. The Bertz CT molecular complexity index is 667. The Labute approximate surface area is 123 Å². The number of piperazine rings is 1. The molecule has 1 saturated heterocycles. The fourth-order valence-electron chi connectivity index (χ4n) is 2.02. The zero-order valence-corrected chi connectivity index (χ0v) is 12.3. The first-order chi connectivity index (χ1) is 9.92. The molecule has 0 aliphatic carbocycles. The van der Waals surface area contributed by atoms with Gasteiger partial charge >= 0.3 is 0 Å². The standard InChI is InChI=1S/C14H16N2O4S/c1-11-14(18)15-8-9-16(11)13(17)7-10-21(19,20)12-5-3-2-4-6-12/h2-7,10-11H,8-9H2,1H3,(H,15,18). The van der Waals surface area contributed by atoms with Crippen LogP contribution in [0, 0.1) is 0 Å². The minimum absolute atomic E-state index is 0.124. The van der Waals surface area contributed by atoms with E-state index in [4.69, 9.17) is 0 Å². The van der Waals surface area contributed by atoms with Gasteiger partial charge in [-0.1, -0.05) is 18.2 Å². The molecule has 0 saturated carbocycles. The van der Waals surface area contributed by atoms with Crippen molar-refractivity contribution in [3.05, 3.63) is 41.8 Å². The van der Waals surface area contributed by atoms with Crippen LogP contribution in [0.1, 0.15) is 6.92 Å². The van der Waals surface area contributed by atoms with Crippen LogP contribution in [-0.4, -0.2) is 44.3 Å². The second-order valence-corrected chi connectivity index (χ2v) is 6.49. The molecule has 0 aromatic heterocycles. The summed E-state index contributed by atoms with van der Waals surface area (Å²) < 4.78 is 24.1. The van der Waals surface area contributed by atoms with Gasteiger partial charge in [-0.05, 0) is 19.1 Å². The highest BCUT2D eigenvalue weighted by Gasteiger charge is 2.28. The molecule has 1 aromatic rings. The normalized spacial score (nSPS) is 19.6. The Kier molecular flexibility index (Phi) is 4.42. The molecule has 1 N–H and O–H groups in total. The first-order valence-electron chi connectivity index (χ1n) is 6.48. The predicted octanol–water partition coefficient (Wildman–Crippen LogP) is 0.321. The van der Waals surface area contributed by atoms with Crippen LogP contribution < -0.4 is 5.32 Å². The highest BCUT2D eigenvalue weighted by atomic mass is 32.2. The van der Waals surface area contributed by atoms with Crippen LogP contribution >= 0.6 is 0 Å². The van der Waals surface area contributed by atoms with Crippen molar-refractivity contribution in [2.75, 3.05) is 13.1 Å². The average Bonchev–Trinajstić information content (AvgIpc) is 2.49. The summed E-state index contributed by atoms with van der Waals surface area (Å²) in [7, 11) is -3.65. The van der Waals surface area contributed by atoms with Gasteiger partial charge in [0.25, 0.3) is 0 Å². The van der Waals surface area contributed by atoms with E-state index >= 15 is 0 Å². The molecule has 7 heteroatoms. The Hall–Kier alpha value is -2.15. The largest absolute Gasteiger partial charge is 0.353 e. The van der Waals surface area contributed by atoms with Crippen LogP contribution in [0.25, 0.3) is 0 Å². The number of benzene rings is 1. The first-order valence-corrected chi connectivity index (χ1v) is 8.03. The van der Waals surface area contributed by atoms with Crippen molar-refractivity contribution in [2.45, 2.75) is 17.9 Å². The van der Waals surface area contributed by atoms with E-state index in [0.717, 1.165) is 11.5 Å². The summed E-state index contributed by atoms with van der Waals surface area (Å²) in [6.07, 6.45) is 0.997. The van der Waals surface area contributed by atoms with Gasteiger partial charge in [-0.15, -0.1) is 0 Å². The number of amides is 2. The molecule has 0 radical (unpaired) electrons. The molecule has 2 rings (SSSR count). The Morgan fingerprint density at radius 2 is 2.00 bits per heavy atom. The van der Waals surface area contributed by atoms with E-state index in [0.29, 0.717) is 13.1 Å². The van der Waals surface area contributed by atoms with E-state index in [1.807, 2.05) is 0 Å². The summed E-state index contributed by atoms with van der Waals surface area (Å²) in [5.41, 5.74) is 0. The molecular formula is C14H16N2O4S. The van der Waals surface area contributed by atoms with Crippen molar-refractivity contribution in [3.63, 3.8) is 0 Å². The first kappa shape index (κ1) is 15.2. The Balaban J connectivity index is 2.14. The van der Waals surface area contributed by atoms with Crippen LogP contribution in [0.15, 0.2) is 46.7 Å². The quantitative estimate of drug-likeness (QED) is 0.815. The van der Waals surface area contributed by atoms with E-state index in [1.54, 1.807) is 25.1 Å². The van der Waals surface area contributed by atoms with Gasteiger partial charge in [0.15, 0.2) is 9.84 Å². The maximum absolute atomic E-state index is 12.0. The lowest BCUT2D eigenvalue weighted by molar-refractivity contribution is -0.139. The average molecular weight is 308 g/mol. The molecule has 0 spiro atoms. The molecule has 21 heavy (non-hydrogen) atoms. The number of sulfone groups is 1. The predicted molar refractivity (Wildman–Crippen MR) is 77.0 cm³/mol. The third-order valence-electron chi connectivity index (χ3n) is 3.24. The van der Waals surface area contributed by atoms with Crippen molar-refractivity contribution in [3.8, 4) is 0 Å². The SMILES string of the molecule is CC1C(=O)NCCN1C(=O)C=CS(=O)(=O)c1ccccc1. The molecule has 1 aliphatic rings. The van der Waals surface area contributed by atoms with Crippen molar-refractivity contribution in [1.29, 1.82) is 0 Å². The summed E-state index contributed by atoms with van der Waals surface area (Å²) >= 11 is 0. The van der Waals surface area contributed by atoms with Gasteiger partial charge in [0.2, 0.25) is 11.8 Å². The number of nitrogens with one attached hydrogen (secondary N) is 1. The number of rotatable bonds is 3. The lowest BCUT2D eigenvalue weighted by Crippen LogP contribution is -2.55. The van der Waals surface area contributed by atoms with Gasteiger partial charge < -0.3 is 10.2 Å². The van der Waals surface area contributed by atoms with E-state index in [9.17, 15) is 18.0 Å². The number of hydrogen-bond donors (Lipinski definition) is 1. The monoisotopic (exact) mass is 308 g/mol. The fourth-order valence-corrected chi connectivity index (χ4v) is 3.00. The van der Waals surface area contributed by atoms with Crippen LogP contribution in [-0.2, 0) is 19.4 Å². The van der Waals surface area contributed by atoms with E-state index in [2.05, 4.69) is 5.32 Å². The van der Waals surface area contributed by atoms with Gasteiger partial charge in [-0.2, -0.15) is 0 Å². The van der Waals surface area contributed by atoms with Crippen molar-refractivity contribution >= 4 is 21.7 Å². The van der Waals surface area contributed by atoms with Gasteiger partial charge in [-0.25, -0.2) is 8.42 Å². The number of carbonyl (C=O) groups is 2. The van der Waals surface area contributed by atoms with Gasteiger partial charge in [-0.3, -0.25) is 9.59 Å². The maximum atomic E-state index is 12.0. The molecular weight excluding hydrogens is 292 g/mol. The highest BCUT2D eigenvalue weighted by molar-refractivity contribution is 7.94. The second kappa shape index (κ2) is 6.09. The van der Waals surface area contributed by atoms with E-state index < -0.39 is 21.8 Å². The van der Waals surface area contributed by atoms with Crippen LogP contribution in [0.4, 0.5) is 0 Å². The minimum Gasteiger partial charge on any atom is -0.353 e. The van der Waals surface area contributed by atoms with E-state index in [1.165, 1.54) is 17.0 Å². The van der Waals surface area contributed by atoms with Gasteiger partial charge in [0.05, 0.1) is 4.90 Å². The van der Waals surface area contributed by atoms with Crippen LogP contribution in [0.3, 0.4) is 0 Å². The molecule has 1 atom stereocenters. The molecule has 1 aromatic carbocycles. The third kappa shape index (κ3) is 3.49. The number of nitrogens with zero attached hydrogens (tertiary/aromatic N) is 1. The minimum atomic E-state index is -3.65. The van der Waals surface area contributed by atoms with Crippen LogP contribution in [0.2, 0.25) is 0 Å². The molecule has 1 heterocycles. The topological polar surface area (TPSA) is 83.6 Å². The number of carbonyl (C=O) groups excluding carboxylic acids is 2. The molecule has 1 unspecified atom stereocenters. The summed E-state index contributed by atoms with van der Waals surface area (Å²) in [5, 5.41) is 3.52. The summed E-state index contributed by atoms with van der Waals surface area (Å²) in [4.78, 5) is 25.0. The molecule has 6 nitrogen and oxygen atoms in total. The lowest BCUT2D eigenvalue weighted by Gasteiger charge is -2.31. The van der Waals surface area contributed by atoms with E-state index in [-0.39, 0.29) is 10.8 Å². The number of hydrogen-bond acceptors (Lipinski definition) is 4. The lowest BCUT2D eigenvalue weighted by atomic mass is 10.2. The Morgan fingerprint density at radius 1 is 1.33 bits per heavy atom. The van der Waals surface area contributed by atoms with Crippen LogP contribution in [0.5, 0.6) is 0 Å². The van der Waals surface area contributed by atoms with Crippen molar-refractivity contribution in [1.82, 2.24) is 10.2 Å². The summed E-state index contributed by atoms with van der Waals surface area (Å²) in [6, 6.07) is 7.25. The zero-order chi connectivity index (χ0) is 15.5. The summed E-state index contributed by atoms with van der Waals surface area (Å²) in [6.45, 7) is 2.33. The third-order valence-corrected chi connectivity index (χ3v) is 4.67. The van der Waals surface area contributed by atoms with Gasteiger partial charge in [0, 0.05) is 24.6 Å². The Morgan fingerprint density at radius 3 is 2.67 bits per heavy atom. The molecule has 0 bridgehead atoms. The van der Waals surface area contributed by atoms with Crippen molar-refractivity contribution in [2.24, 2.45) is 0 Å². The second-order valence-electron chi connectivity index (χ2n) is 4.66. The fraction of sp³-hybridized carbons (Fsp3) is 0.286. The van der Waals surface area contributed by atoms with Gasteiger partial charge in [0.1, 0.15) is 6.04 Å². The summed E-state index contributed by atoms with van der Waals surface area (Å²) in [5.74, 6) is -0.731. The van der Waals surface area contributed by atoms with Crippen molar-refractivity contribution < 1.29 is 18.0 Å². The zero-order valence-electron chi connectivity index (χ0n) is 11.5. The molecule has 2 amide bonds. The smallest absolute Gasteiger partial charge is 0.248 e.